The highest BCUT2D eigenvalue weighted by Gasteiger charge is 2.53. The highest BCUT2D eigenvalue weighted by atomic mass is 32.2. The first-order valence-corrected chi connectivity index (χ1v) is 8.94. The van der Waals surface area contributed by atoms with Crippen LogP contribution in [0.1, 0.15) is 54.9 Å². The van der Waals surface area contributed by atoms with Crippen molar-refractivity contribution in [2.45, 2.75) is 83.6 Å². The maximum atomic E-state index is 12.6. The maximum absolute atomic E-state index is 12.6. The Morgan fingerprint density at radius 2 is 1.91 bits per heavy atom. The molecule has 1 amide bonds. The molecular formula is C16H29NO5S. The molecule has 6 nitrogen and oxygen atoms in total. The normalized spacial score (nSPS) is 24.1. The van der Waals surface area contributed by atoms with E-state index in [1.807, 2.05) is 0 Å². The summed E-state index contributed by atoms with van der Waals surface area (Å²) in [6, 6.07) is -0.538. The number of hydrogen-bond acceptors (Lipinski definition) is 5. The highest BCUT2D eigenvalue weighted by molar-refractivity contribution is 7.99. The number of carbonyl (C=O) groups is 2. The molecule has 1 aliphatic rings. The number of rotatable bonds is 5. The molecular weight excluding hydrogens is 318 g/mol. The average molecular weight is 347 g/mol. The van der Waals surface area contributed by atoms with E-state index in [4.69, 9.17) is 9.47 Å². The summed E-state index contributed by atoms with van der Waals surface area (Å²) in [4.78, 5) is 25.6. The lowest BCUT2D eigenvalue weighted by Crippen LogP contribution is -2.50. The lowest BCUT2D eigenvalue weighted by atomic mass is 10.1. The van der Waals surface area contributed by atoms with Gasteiger partial charge >= 0.3 is 12.1 Å². The zero-order valence-electron chi connectivity index (χ0n) is 15.1. The third-order valence-electron chi connectivity index (χ3n) is 3.38. The van der Waals surface area contributed by atoms with Gasteiger partial charge in [-0.05, 0) is 52.0 Å². The molecule has 0 radical (unpaired) electrons. The van der Waals surface area contributed by atoms with Crippen molar-refractivity contribution in [1.29, 1.82) is 0 Å². The molecule has 0 aromatic rings. The second-order valence-electron chi connectivity index (χ2n) is 7.45. The lowest BCUT2D eigenvalue weighted by molar-refractivity contribution is -0.155. The summed E-state index contributed by atoms with van der Waals surface area (Å²) in [6.45, 7) is 12.9. The summed E-state index contributed by atoms with van der Waals surface area (Å²) in [5.74, 6) is -0.297. The van der Waals surface area contributed by atoms with Gasteiger partial charge < -0.3 is 14.6 Å². The van der Waals surface area contributed by atoms with Gasteiger partial charge in [0.1, 0.15) is 11.3 Å². The second-order valence-corrected chi connectivity index (χ2v) is 9.13. The van der Waals surface area contributed by atoms with E-state index in [9.17, 15) is 14.7 Å². The Labute approximate surface area is 142 Å². The maximum Gasteiger partial charge on any atom is 0.412 e. The fourth-order valence-electron chi connectivity index (χ4n) is 2.57. The van der Waals surface area contributed by atoms with E-state index in [2.05, 4.69) is 13.8 Å². The number of carboxylic acids is 1. The fourth-order valence-corrected chi connectivity index (χ4v) is 3.42. The van der Waals surface area contributed by atoms with Crippen LogP contribution in [0.25, 0.3) is 0 Å². The average Bonchev–Trinajstić information content (AvgIpc) is 2.58. The van der Waals surface area contributed by atoms with Gasteiger partial charge in [0.25, 0.3) is 0 Å². The Morgan fingerprint density at radius 1 is 1.35 bits per heavy atom. The fraction of sp³-hybridized carbons (Fsp3) is 0.875. The smallest absolute Gasteiger partial charge is 0.412 e. The molecule has 1 heterocycles. The summed E-state index contributed by atoms with van der Waals surface area (Å²) in [6.07, 6.45) is -1.03. The molecule has 0 spiro atoms. The van der Waals surface area contributed by atoms with Crippen molar-refractivity contribution < 1.29 is 24.2 Å². The highest BCUT2D eigenvalue weighted by Crippen LogP contribution is 2.36. The number of thioether (sulfide) groups is 1. The van der Waals surface area contributed by atoms with E-state index in [0.717, 1.165) is 5.75 Å². The molecule has 0 aromatic carbocycles. The molecule has 2 unspecified atom stereocenters. The van der Waals surface area contributed by atoms with Crippen molar-refractivity contribution in [2.75, 3.05) is 5.75 Å². The Kier molecular flexibility index (Phi) is 6.38. The predicted octanol–water partition coefficient (Wildman–Crippen LogP) is 3.34. The number of ether oxygens (including phenoxy) is 2. The van der Waals surface area contributed by atoms with E-state index in [0.29, 0.717) is 11.7 Å². The number of amides is 1. The quantitative estimate of drug-likeness (QED) is 0.822. The van der Waals surface area contributed by atoms with E-state index in [-0.39, 0.29) is 0 Å². The standard InChI is InChI=1S/C16H29NO5S/c1-10(2)23-9-8-11-12(13(18)19)21-16(6,7)17(11)14(20)22-15(3,4)5/h10-12H,8-9H2,1-7H3,(H,18,19). The van der Waals surface area contributed by atoms with Gasteiger partial charge in [0.15, 0.2) is 6.10 Å². The SMILES string of the molecule is CC(C)SCCC1C(C(=O)O)OC(C)(C)N1C(=O)OC(C)(C)C. The van der Waals surface area contributed by atoms with E-state index in [1.165, 1.54) is 4.90 Å². The van der Waals surface area contributed by atoms with Crippen molar-refractivity contribution in [3.8, 4) is 0 Å². The lowest BCUT2D eigenvalue weighted by Gasteiger charge is -2.35. The van der Waals surface area contributed by atoms with Gasteiger partial charge in [0.2, 0.25) is 0 Å². The number of aliphatic carboxylic acids is 1. The summed E-state index contributed by atoms with van der Waals surface area (Å²) in [5, 5.41) is 9.89. The zero-order chi connectivity index (χ0) is 18.0. The van der Waals surface area contributed by atoms with E-state index < -0.39 is 35.5 Å². The number of hydrogen-bond donors (Lipinski definition) is 1. The molecule has 23 heavy (non-hydrogen) atoms. The molecule has 1 fully saturated rings. The largest absolute Gasteiger partial charge is 0.479 e. The van der Waals surface area contributed by atoms with Gasteiger partial charge in [0, 0.05) is 0 Å². The Morgan fingerprint density at radius 3 is 2.35 bits per heavy atom. The van der Waals surface area contributed by atoms with Crippen LogP contribution in [0.4, 0.5) is 4.79 Å². The van der Waals surface area contributed by atoms with Crippen molar-refractivity contribution in [2.24, 2.45) is 0 Å². The van der Waals surface area contributed by atoms with Crippen LogP contribution in [-0.4, -0.2) is 56.5 Å². The molecule has 1 saturated heterocycles. The van der Waals surface area contributed by atoms with Crippen LogP contribution in [0.3, 0.4) is 0 Å². The molecule has 0 saturated carbocycles. The summed E-state index contributed by atoms with van der Waals surface area (Å²) < 4.78 is 11.1. The Hall–Kier alpha value is -0.950. The Balaban J connectivity index is 2.99. The van der Waals surface area contributed by atoms with Crippen molar-refractivity contribution in [3.05, 3.63) is 0 Å². The van der Waals surface area contributed by atoms with Crippen LogP contribution < -0.4 is 0 Å². The molecule has 7 heteroatoms. The number of carbonyl (C=O) groups excluding carboxylic acids is 1. The van der Waals surface area contributed by atoms with Crippen LogP contribution >= 0.6 is 11.8 Å². The summed E-state index contributed by atoms with van der Waals surface area (Å²) in [5.41, 5.74) is -1.66. The molecule has 1 aliphatic heterocycles. The topological polar surface area (TPSA) is 76.1 Å². The Bertz CT molecular complexity index is 444. The molecule has 2 atom stereocenters. The molecule has 0 aromatic heterocycles. The van der Waals surface area contributed by atoms with Gasteiger partial charge in [-0.25, -0.2) is 9.59 Å². The first-order chi connectivity index (χ1) is 10.3. The van der Waals surface area contributed by atoms with Crippen LogP contribution in [-0.2, 0) is 14.3 Å². The molecule has 0 aliphatic carbocycles. The minimum atomic E-state index is -1.05. The zero-order valence-corrected chi connectivity index (χ0v) is 15.9. The molecule has 1 rings (SSSR count). The number of nitrogens with zero attached hydrogens (tertiary/aromatic N) is 1. The summed E-state index contributed by atoms with van der Waals surface area (Å²) in [7, 11) is 0. The van der Waals surface area contributed by atoms with E-state index >= 15 is 0 Å². The van der Waals surface area contributed by atoms with Gasteiger partial charge in [0.05, 0.1) is 6.04 Å². The predicted molar refractivity (Wildman–Crippen MR) is 90.7 cm³/mol. The van der Waals surface area contributed by atoms with Crippen LogP contribution in [0, 0.1) is 0 Å². The van der Waals surface area contributed by atoms with Crippen LogP contribution in [0.5, 0.6) is 0 Å². The first kappa shape index (κ1) is 20.1. The minimum absolute atomic E-state index is 0.448. The van der Waals surface area contributed by atoms with Gasteiger partial charge in [-0.2, -0.15) is 11.8 Å². The van der Waals surface area contributed by atoms with Gasteiger partial charge in [-0.15, -0.1) is 0 Å². The second kappa shape index (κ2) is 7.30. The molecule has 0 bridgehead atoms. The minimum Gasteiger partial charge on any atom is -0.479 e. The van der Waals surface area contributed by atoms with Crippen molar-refractivity contribution in [1.82, 2.24) is 4.90 Å². The van der Waals surface area contributed by atoms with Gasteiger partial charge in [-0.1, -0.05) is 13.8 Å². The van der Waals surface area contributed by atoms with Crippen molar-refractivity contribution >= 4 is 23.8 Å². The van der Waals surface area contributed by atoms with Gasteiger partial charge in [-0.3, -0.25) is 4.90 Å². The molecule has 1 N–H and O–H groups in total. The monoisotopic (exact) mass is 347 g/mol. The van der Waals surface area contributed by atoms with Crippen LogP contribution in [0.15, 0.2) is 0 Å². The van der Waals surface area contributed by atoms with Crippen LogP contribution in [0.2, 0.25) is 0 Å². The van der Waals surface area contributed by atoms with Crippen molar-refractivity contribution in [3.63, 3.8) is 0 Å². The third kappa shape index (κ3) is 5.57. The molecule has 134 valence electrons. The summed E-state index contributed by atoms with van der Waals surface area (Å²) >= 11 is 1.73. The first-order valence-electron chi connectivity index (χ1n) is 7.89. The number of carboxylic acid groups (broad SMARTS) is 1. The van der Waals surface area contributed by atoms with E-state index in [1.54, 1.807) is 46.4 Å². The third-order valence-corrected chi connectivity index (χ3v) is 4.51.